The quantitative estimate of drug-likeness (QED) is 0.556. The largest absolute Gasteiger partial charge is 0.372 e. The molecule has 1 N–H and O–H groups in total. The van der Waals surface area contributed by atoms with E-state index in [1.54, 1.807) is 19.9 Å². The summed E-state index contributed by atoms with van der Waals surface area (Å²) >= 11 is 0. The molecule has 0 spiro atoms. The summed E-state index contributed by atoms with van der Waals surface area (Å²) in [6, 6.07) is 2.96. The topological polar surface area (TPSA) is 75.2 Å². The maximum atomic E-state index is 15.2. The number of halogens is 2. The first-order chi connectivity index (χ1) is 18.2. The fourth-order valence-corrected chi connectivity index (χ4v) is 5.65. The molecule has 0 unspecified atom stereocenters. The first-order valence-corrected chi connectivity index (χ1v) is 13.2. The van der Waals surface area contributed by atoms with Gasteiger partial charge in [0.05, 0.1) is 23.2 Å². The van der Waals surface area contributed by atoms with Crippen LogP contribution in [-0.2, 0) is 21.9 Å². The van der Waals surface area contributed by atoms with Crippen molar-refractivity contribution in [2.45, 2.75) is 58.3 Å². The lowest BCUT2D eigenvalue weighted by Crippen LogP contribution is -2.33. The lowest BCUT2D eigenvalue weighted by Gasteiger charge is -2.34. The molecule has 1 saturated heterocycles. The van der Waals surface area contributed by atoms with E-state index in [4.69, 9.17) is 0 Å². The van der Waals surface area contributed by atoms with Gasteiger partial charge < -0.3 is 15.0 Å². The summed E-state index contributed by atoms with van der Waals surface area (Å²) in [6.45, 7) is 5.03. The van der Waals surface area contributed by atoms with E-state index in [2.05, 4.69) is 32.3 Å². The molecule has 2 aromatic heterocycles. The number of nitrogens with one attached hydrogen (secondary N) is 1. The van der Waals surface area contributed by atoms with Crippen LogP contribution in [0.2, 0.25) is 0 Å². The van der Waals surface area contributed by atoms with Crippen LogP contribution in [0.3, 0.4) is 0 Å². The van der Waals surface area contributed by atoms with E-state index in [-0.39, 0.29) is 40.6 Å². The lowest BCUT2D eigenvalue weighted by atomic mass is 9.91. The Hall–Kier alpha value is -3.68. The summed E-state index contributed by atoms with van der Waals surface area (Å²) in [4.78, 5) is 35.0. The maximum absolute atomic E-state index is 15.2. The van der Waals surface area contributed by atoms with Crippen molar-refractivity contribution in [2.24, 2.45) is 5.92 Å². The van der Waals surface area contributed by atoms with Crippen LogP contribution < -0.4 is 5.32 Å². The molecule has 0 aromatic carbocycles. The first kappa shape index (κ1) is 25.9. The van der Waals surface area contributed by atoms with E-state index in [1.165, 1.54) is 18.5 Å². The Bertz CT molecular complexity index is 1350. The highest BCUT2D eigenvalue weighted by atomic mass is 19.3. The van der Waals surface area contributed by atoms with Crippen molar-refractivity contribution in [1.82, 2.24) is 20.2 Å². The second-order valence-corrected chi connectivity index (χ2v) is 10.4. The van der Waals surface area contributed by atoms with Gasteiger partial charge in [-0.05, 0) is 81.4 Å². The fraction of sp³-hybridized carbons (Fsp3) is 0.400. The second-order valence-electron chi connectivity index (χ2n) is 10.4. The minimum atomic E-state index is -3.20. The minimum Gasteiger partial charge on any atom is -0.372 e. The Morgan fingerprint density at radius 2 is 1.97 bits per heavy atom. The number of rotatable bonds is 6. The molecule has 2 aliphatic carbocycles. The Kier molecular flexibility index (Phi) is 7.23. The Morgan fingerprint density at radius 3 is 2.74 bits per heavy atom. The molecule has 0 atom stereocenters. The zero-order valence-corrected chi connectivity index (χ0v) is 21.8. The molecule has 0 saturated carbocycles. The standard InChI is InChI=1S/C30H32F2N4O2/c1-19(37)15-21-10-13-36(14-11-21)24-6-4-3-5-23(7-8-24)35-27(38)17-22-16-26-29(34-18-22)25-9-12-33-20(2)28(25)30(26,31)32/h4,6-9,12,16,18,21H,3,5,10-11,13-15,17H2,1-2H3,(H,35,38). The summed E-state index contributed by atoms with van der Waals surface area (Å²) in [7, 11) is 0. The van der Waals surface area contributed by atoms with Crippen molar-refractivity contribution in [2.75, 3.05) is 13.1 Å². The number of nitrogens with zero attached hydrogens (tertiary/aromatic N) is 3. The van der Waals surface area contributed by atoms with Gasteiger partial charge in [-0.3, -0.25) is 14.8 Å². The van der Waals surface area contributed by atoms with E-state index >= 15 is 8.78 Å². The predicted octanol–water partition coefficient (Wildman–Crippen LogP) is 5.37. The van der Waals surface area contributed by atoms with Crippen molar-refractivity contribution in [1.29, 1.82) is 0 Å². The van der Waals surface area contributed by atoms with E-state index < -0.39 is 5.92 Å². The molecule has 8 heteroatoms. The number of amides is 1. The van der Waals surface area contributed by atoms with Gasteiger partial charge in [-0.1, -0.05) is 6.08 Å². The molecule has 198 valence electrons. The number of allylic oxidation sites excluding steroid dienone is 5. The summed E-state index contributed by atoms with van der Waals surface area (Å²) in [5.41, 5.74) is 2.96. The van der Waals surface area contributed by atoms with E-state index in [0.717, 1.165) is 43.7 Å². The number of pyridine rings is 2. The van der Waals surface area contributed by atoms with Crippen molar-refractivity contribution < 1.29 is 18.4 Å². The SMILES string of the molecule is CC(=O)CC1CCN(C2=CC=C(NC(=O)Cc3cnc4c(c3)C(F)(F)c3c-4ccnc3C)CCC=C2)CC1. The van der Waals surface area contributed by atoms with Crippen molar-refractivity contribution in [3.05, 3.63) is 82.6 Å². The Balaban J connectivity index is 1.25. The molecule has 1 fully saturated rings. The molecule has 0 radical (unpaired) electrons. The Morgan fingerprint density at radius 1 is 1.18 bits per heavy atom. The zero-order chi connectivity index (χ0) is 26.9. The molecule has 1 aliphatic heterocycles. The van der Waals surface area contributed by atoms with E-state index in [1.807, 2.05) is 12.2 Å². The number of likely N-dealkylation sites (tertiary alicyclic amines) is 1. The maximum Gasteiger partial charge on any atom is 0.302 e. The fourth-order valence-electron chi connectivity index (χ4n) is 5.65. The van der Waals surface area contributed by atoms with Crippen LogP contribution in [0.15, 0.2) is 60.2 Å². The number of Topliss-reactive ketones (excluding diaryl/α,β-unsaturated/α-hetero) is 1. The van der Waals surface area contributed by atoms with Gasteiger partial charge in [-0.15, -0.1) is 0 Å². The molecular weight excluding hydrogens is 486 g/mol. The van der Waals surface area contributed by atoms with Crippen LogP contribution in [0.4, 0.5) is 8.78 Å². The number of hydrogen-bond donors (Lipinski definition) is 1. The van der Waals surface area contributed by atoms with Gasteiger partial charge in [-0.25, -0.2) is 0 Å². The average Bonchev–Trinajstić information content (AvgIpc) is 3.09. The average molecular weight is 519 g/mol. The van der Waals surface area contributed by atoms with Crippen LogP contribution in [0.5, 0.6) is 0 Å². The van der Waals surface area contributed by atoms with Crippen molar-refractivity contribution >= 4 is 11.7 Å². The van der Waals surface area contributed by atoms with Gasteiger partial charge >= 0.3 is 5.92 Å². The molecule has 2 aromatic rings. The van der Waals surface area contributed by atoms with Crippen LogP contribution in [0.25, 0.3) is 11.3 Å². The summed E-state index contributed by atoms with van der Waals surface area (Å²) in [5.74, 6) is -2.76. The second kappa shape index (κ2) is 10.6. The number of carbonyl (C=O) groups is 2. The predicted molar refractivity (Wildman–Crippen MR) is 141 cm³/mol. The number of aryl methyl sites for hydroxylation is 1. The number of carbonyl (C=O) groups excluding carboxylic acids is 2. The summed E-state index contributed by atoms with van der Waals surface area (Å²) < 4.78 is 30.4. The molecule has 0 bridgehead atoms. The molecular formula is C30H32F2N4O2. The van der Waals surface area contributed by atoms with Crippen molar-refractivity contribution in [3.63, 3.8) is 0 Å². The van der Waals surface area contributed by atoms with Gasteiger partial charge in [0.15, 0.2) is 0 Å². The molecule has 38 heavy (non-hydrogen) atoms. The normalized spacial score (nSPS) is 18.6. The van der Waals surface area contributed by atoms with Crippen molar-refractivity contribution in [3.8, 4) is 11.3 Å². The number of hydrogen-bond acceptors (Lipinski definition) is 5. The van der Waals surface area contributed by atoms with Gasteiger partial charge in [0.25, 0.3) is 0 Å². The molecule has 6 nitrogen and oxygen atoms in total. The van der Waals surface area contributed by atoms with Crippen LogP contribution in [-0.4, -0.2) is 39.6 Å². The zero-order valence-electron chi connectivity index (χ0n) is 21.8. The monoisotopic (exact) mass is 518 g/mol. The highest BCUT2D eigenvalue weighted by Crippen LogP contribution is 2.51. The highest BCUT2D eigenvalue weighted by molar-refractivity contribution is 5.82. The third-order valence-corrected chi connectivity index (χ3v) is 7.54. The smallest absolute Gasteiger partial charge is 0.302 e. The van der Waals surface area contributed by atoms with Gasteiger partial charge in [0.1, 0.15) is 5.78 Å². The third kappa shape index (κ3) is 5.30. The summed E-state index contributed by atoms with van der Waals surface area (Å²) in [6.07, 6.45) is 15.2. The number of piperidine rings is 1. The minimum absolute atomic E-state index is 0.0443. The lowest BCUT2D eigenvalue weighted by molar-refractivity contribution is -0.120. The third-order valence-electron chi connectivity index (χ3n) is 7.54. The molecule has 1 amide bonds. The first-order valence-electron chi connectivity index (χ1n) is 13.2. The van der Waals surface area contributed by atoms with Crippen LogP contribution >= 0.6 is 0 Å². The highest BCUT2D eigenvalue weighted by Gasteiger charge is 2.47. The van der Waals surface area contributed by atoms with Crippen LogP contribution in [0.1, 0.15) is 61.4 Å². The summed E-state index contributed by atoms with van der Waals surface area (Å²) in [5, 5.41) is 2.96. The van der Waals surface area contributed by atoms with Gasteiger partial charge in [0.2, 0.25) is 5.91 Å². The number of aromatic nitrogens is 2. The molecule has 3 aliphatic rings. The van der Waals surface area contributed by atoms with Crippen LogP contribution in [0, 0.1) is 12.8 Å². The van der Waals surface area contributed by atoms with Gasteiger partial charge in [-0.2, -0.15) is 8.78 Å². The molecule has 3 heterocycles. The van der Waals surface area contributed by atoms with Gasteiger partial charge in [0, 0.05) is 54.6 Å². The number of alkyl halides is 2. The van der Waals surface area contributed by atoms with E-state index in [0.29, 0.717) is 29.9 Å². The number of fused-ring (bicyclic) bond motifs is 3. The Labute approximate surface area is 221 Å². The van der Waals surface area contributed by atoms with E-state index in [9.17, 15) is 9.59 Å². The molecule has 5 rings (SSSR count). The number of ketones is 1.